The molecule has 3 rings (SSSR count). The van der Waals surface area contributed by atoms with Crippen molar-refractivity contribution in [3.8, 4) is 0 Å². The number of nitrogens with zero attached hydrogens (tertiary/aromatic N) is 1. The number of hydrogen-bond acceptors (Lipinski definition) is 2. The summed E-state index contributed by atoms with van der Waals surface area (Å²) < 4.78 is 0. The zero-order valence-corrected chi connectivity index (χ0v) is 10.9. The molecule has 1 saturated heterocycles. The van der Waals surface area contributed by atoms with E-state index in [4.69, 9.17) is 0 Å². The summed E-state index contributed by atoms with van der Waals surface area (Å²) in [5.41, 5.74) is 1.11. The van der Waals surface area contributed by atoms with Crippen LogP contribution in [0.15, 0.2) is 42.5 Å². The average molecular weight is 255 g/mol. The molecule has 1 fully saturated rings. The van der Waals surface area contributed by atoms with Crippen molar-refractivity contribution in [2.24, 2.45) is 0 Å². The second kappa shape index (κ2) is 4.67. The fraction of sp³-hybridized carbons (Fsp3) is 0.312. The third-order valence-electron chi connectivity index (χ3n) is 3.86. The van der Waals surface area contributed by atoms with Gasteiger partial charge in [0.25, 0.3) is 0 Å². The maximum absolute atomic E-state index is 11.8. The molecule has 1 N–H and O–H groups in total. The lowest BCUT2D eigenvalue weighted by Gasteiger charge is -2.25. The predicted molar refractivity (Wildman–Crippen MR) is 74.7 cm³/mol. The van der Waals surface area contributed by atoms with Crippen LogP contribution in [0.2, 0.25) is 0 Å². The molecule has 2 atom stereocenters. The molecule has 1 unspecified atom stereocenters. The van der Waals surface area contributed by atoms with Gasteiger partial charge >= 0.3 is 0 Å². The van der Waals surface area contributed by atoms with Crippen LogP contribution in [0.5, 0.6) is 0 Å². The van der Waals surface area contributed by atoms with Crippen LogP contribution in [0.4, 0.5) is 0 Å². The van der Waals surface area contributed by atoms with Crippen LogP contribution in [-0.4, -0.2) is 28.6 Å². The fourth-order valence-corrected chi connectivity index (χ4v) is 2.73. The van der Waals surface area contributed by atoms with Gasteiger partial charge in [0, 0.05) is 6.54 Å². The van der Waals surface area contributed by atoms with Gasteiger partial charge in [0.1, 0.15) is 0 Å². The van der Waals surface area contributed by atoms with Crippen LogP contribution in [0.25, 0.3) is 10.8 Å². The van der Waals surface area contributed by atoms with Crippen molar-refractivity contribution in [1.29, 1.82) is 0 Å². The number of amides is 1. The van der Waals surface area contributed by atoms with Crippen LogP contribution in [0.3, 0.4) is 0 Å². The Morgan fingerprint density at radius 2 is 1.95 bits per heavy atom. The Kier molecular flexibility index (Phi) is 2.99. The zero-order chi connectivity index (χ0) is 13.4. The summed E-state index contributed by atoms with van der Waals surface area (Å²) in [5.74, 6) is 0.0353. The molecule has 2 aromatic rings. The summed E-state index contributed by atoms with van der Waals surface area (Å²) >= 11 is 0. The summed E-state index contributed by atoms with van der Waals surface area (Å²) in [5, 5.41) is 12.0. The van der Waals surface area contributed by atoms with E-state index in [0.717, 1.165) is 5.56 Å². The smallest absolute Gasteiger partial charge is 0.225 e. The molecular formula is C16H17NO2. The van der Waals surface area contributed by atoms with Gasteiger partial charge in [0.2, 0.25) is 5.91 Å². The Morgan fingerprint density at radius 3 is 2.63 bits per heavy atom. The van der Waals surface area contributed by atoms with Crippen molar-refractivity contribution < 1.29 is 9.90 Å². The molecule has 98 valence electrons. The Bertz CT molecular complexity index is 623. The molecule has 1 aliphatic heterocycles. The highest BCUT2D eigenvalue weighted by Crippen LogP contribution is 2.28. The van der Waals surface area contributed by atoms with Crippen molar-refractivity contribution in [2.45, 2.75) is 25.5 Å². The quantitative estimate of drug-likeness (QED) is 0.895. The molecule has 1 aliphatic rings. The van der Waals surface area contributed by atoms with Gasteiger partial charge in [-0.25, -0.2) is 0 Å². The summed E-state index contributed by atoms with van der Waals surface area (Å²) in [6, 6.07) is 14.5. The lowest BCUT2D eigenvalue weighted by Crippen LogP contribution is -2.29. The normalized spacial score (nSPS) is 21.1. The number of hydrogen-bond donors (Lipinski definition) is 1. The van der Waals surface area contributed by atoms with Gasteiger partial charge in [-0.3, -0.25) is 4.79 Å². The molecule has 0 bridgehead atoms. The summed E-state index contributed by atoms with van der Waals surface area (Å²) in [7, 11) is 0. The highest BCUT2D eigenvalue weighted by Gasteiger charge is 2.31. The van der Waals surface area contributed by atoms with E-state index in [1.807, 2.05) is 19.1 Å². The zero-order valence-electron chi connectivity index (χ0n) is 10.9. The van der Waals surface area contributed by atoms with Crippen LogP contribution < -0.4 is 0 Å². The van der Waals surface area contributed by atoms with Crippen molar-refractivity contribution >= 4 is 16.7 Å². The minimum Gasteiger partial charge on any atom is -0.391 e. The van der Waals surface area contributed by atoms with Crippen LogP contribution in [0.1, 0.15) is 24.9 Å². The number of aliphatic hydroxyl groups is 1. The maximum atomic E-state index is 11.8. The van der Waals surface area contributed by atoms with Gasteiger partial charge in [-0.2, -0.15) is 0 Å². The maximum Gasteiger partial charge on any atom is 0.225 e. The van der Waals surface area contributed by atoms with Crippen LogP contribution in [0, 0.1) is 0 Å². The first-order valence-electron chi connectivity index (χ1n) is 6.61. The number of carbonyl (C=O) groups is 1. The van der Waals surface area contributed by atoms with Crippen molar-refractivity contribution in [3.05, 3.63) is 48.0 Å². The van der Waals surface area contributed by atoms with Gasteiger partial charge in [0.05, 0.1) is 18.6 Å². The largest absolute Gasteiger partial charge is 0.391 e. The second-order valence-corrected chi connectivity index (χ2v) is 5.19. The Morgan fingerprint density at radius 1 is 1.21 bits per heavy atom. The fourth-order valence-electron chi connectivity index (χ4n) is 2.73. The Hall–Kier alpha value is -1.87. The number of benzene rings is 2. The van der Waals surface area contributed by atoms with E-state index in [0.29, 0.717) is 6.54 Å². The van der Waals surface area contributed by atoms with E-state index in [2.05, 4.69) is 30.3 Å². The molecule has 3 nitrogen and oxygen atoms in total. The molecule has 0 radical (unpaired) electrons. The first kappa shape index (κ1) is 12.2. The third kappa shape index (κ3) is 2.22. The first-order chi connectivity index (χ1) is 9.15. The number of β-amino-alcohol motifs (C(OH)–C–C–N with tert-alkyl or cyclic N) is 1. The van der Waals surface area contributed by atoms with E-state index < -0.39 is 6.10 Å². The SMILES string of the molecule is C[C@@H](c1ccc2ccccc2c1)N1CC(O)CC1=O. The van der Waals surface area contributed by atoms with E-state index in [9.17, 15) is 9.90 Å². The Labute approximate surface area is 112 Å². The lowest BCUT2D eigenvalue weighted by atomic mass is 10.0. The molecule has 1 heterocycles. The lowest BCUT2D eigenvalue weighted by molar-refractivity contribution is -0.129. The number of carbonyl (C=O) groups excluding carboxylic acids is 1. The second-order valence-electron chi connectivity index (χ2n) is 5.19. The first-order valence-corrected chi connectivity index (χ1v) is 6.61. The molecular weight excluding hydrogens is 238 g/mol. The van der Waals surface area contributed by atoms with Gasteiger partial charge in [-0.15, -0.1) is 0 Å². The molecule has 1 amide bonds. The van der Waals surface area contributed by atoms with E-state index in [1.54, 1.807) is 4.90 Å². The molecule has 2 aromatic carbocycles. The van der Waals surface area contributed by atoms with Crippen molar-refractivity contribution in [3.63, 3.8) is 0 Å². The third-order valence-corrected chi connectivity index (χ3v) is 3.86. The number of aliphatic hydroxyl groups excluding tert-OH is 1. The minimum absolute atomic E-state index is 0.00857. The van der Waals surface area contributed by atoms with Gasteiger partial charge in [-0.05, 0) is 29.3 Å². The molecule has 0 saturated carbocycles. The number of fused-ring (bicyclic) bond motifs is 1. The molecule has 0 aliphatic carbocycles. The summed E-state index contributed by atoms with van der Waals surface area (Å²) in [6.07, 6.45) is -0.270. The molecule has 0 spiro atoms. The van der Waals surface area contributed by atoms with E-state index >= 15 is 0 Å². The average Bonchev–Trinajstić information content (AvgIpc) is 2.76. The highest BCUT2D eigenvalue weighted by molar-refractivity contribution is 5.83. The minimum atomic E-state index is -0.518. The summed E-state index contributed by atoms with van der Waals surface area (Å²) in [6.45, 7) is 2.45. The monoisotopic (exact) mass is 255 g/mol. The van der Waals surface area contributed by atoms with Gasteiger partial charge < -0.3 is 10.0 Å². The highest BCUT2D eigenvalue weighted by atomic mass is 16.3. The molecule has 3 heteroatoms. The van der Waals surface area contributed by atoms with Gasteiger partial charge in [-0.1, -0.05) is 36.4 Å². The molecule has 0 aromatic heterocycles. The molecule has 19 heavy (non-hydrogen) atoms. The van der Waals surface area contributed by atoms with E-state index in [-0.39, 0.29) is 18.4 Å². The predicted octanol–water partition coefficient (Wildman–Crippen LogP) is 2.49. The standard InChI is InChI=1S/C16H17NO2/c1-11(17-10-15(18)9-16(17)19)13-7-6-12-4-2-3-5-14(12)8-13/h2-8,11,15,18H,9-10H2,1H3/t11-,15?/m0/s1. The van der Waals surface area contributed by atoms with Crippen molar-refractivity contribution in [1.82, 2.24) is 4.90 Å². The Balaban J connectivity index is 1.93. The van der Waals surface area contributed by atoms with Crippen molar-refractivity contribution in [2.75, 3.05) is 6.54 Å². The number of rotatable bonds is 2. The van der Waals surface area contributed by atoms with E-state index in [1.165, 1.54) is 10.8 Å². The number of likely N-dealkylation sites (tertiary alicyclic amines) is 1. The topological polar surface area (TPSA) is 40.5 Å². The van der Waals surface area contributed by atoms with Gasteiger partial charge in [0.15, 0.2) is 0 Å². The van der Waals surface area contributed by atoms with Crippen LogP contribution >= 0.6 is 0 Å². The van der Waals surface area contributed by atoms with Crippen LogP contribution in [-0.2, 0) is 4.79 Å². The summed E-state index contributed by atoms with van der Waals surface area (Å²) in [4.78, 5) is 13.6.